The molecule has 4 aromatic heterocycles. The molecule has 0 saturated heterocycles. The Hall–Kier alpha value is -6.80. The Morgan fingerprint density at radius 2 is 0.571 bits per heavy atom. The van der Waals surface area contributed by atoms with Gasteiger partial charge in [-0.15, -0.1) is 45.3 Å². The van der Waals surface area contributed by atoms with E-state index in [1.807, 2.05) is 0 Å². The summed E-state index contributed by atoms with van der Waals surface area (Å²) < 4.78 is 5.18. The van der Waals surface area contributed by atoms with Crippen molar-refractivity contribution in [2.45, 2.75) is 5.41 Å². The van der Waals surface area contributed by atoms with Crippen LogP contribution in [0.2, 0.25) is 0 Å². The lowest BCUT2D eigenvalue weighted by Gasteiger charge is -2.33. The molecule has 0 fully saturated rings. The maximum atomic E-state index is 2.51. The van der Waals surface area contributed by atoms with Crippen molar-refractivity contribution in [2.24, 2.45) is 0 Å². The van der Waals surface area contributed by atoms with Gasteiger partial charge in [0.15, 0.2) is 0 Å². The van der Waals surface area contributed by atoms with E-state index in [1.54, 1.807) is 45.3 Å². The zero-order valence-electron chi connectivity index (χ0n) is 33.7. The van der Waals surface area contributed by atoms with Gasteiger partial charge in [-0.2, -0.15) is 0 Å². The molecule has 8 aromatic carbocycles. The minimum Gasteiger partial charge on any atom is -0.310 e. The minimum absolute atomic E-state index is 0.551. The normalized spacial score (nSPS) is 13.2. The van der Waals surface area contributed by atoms with E-state index in [4.69, 9.17) is 0 Å². The lowest BCUT2D eigenvalue weighted by Crippen LogP contribution is -2.26. The molecule has 0 unspecified atom stereocenters. The first kappa shape index (κ1) is 35.8. The van der Waals surface area contributed by atoms with Crippen molar-refractivity contribution in [1.29, 1.82) is 0 Å². The zero-order chi connectivity index (χ0) is 41.2. The molecule has 0 radical (unpaired) electrons. The highest BCUT2D eigenvalue weighted by Gasteiger charge is 2.52. The van der Waals surface area contributed by atoms with Gasteiger partial charge in [0.25, 0.3) is 0 Å². The Morgan fingerprint density at radius 3 is 0.937 bits per heavy atom. The monoisotopic (exact) mass is 874 g/mol. The summed E-state index contributed by atoms with van der Waals surface area (Å²) in [5, 5.41) is 13.8. The van der Waals surface area contributed by atoms with Crippen LogP contribution in [0.5, 0.6) is 0 Å². The molecule has 0 N–H and O–H groups in total. The number of nitrogens with zero attached hydrogens (tertiary/aromatic N) is 2. The average molecular weight is 875 g/mol. The van der Waals surface area contributed by atoms with Crippen LogP contribution in [0.25, 0.3) is 62.6 Å². The van der Waals surface area contributed by atoms with E-state index in [0.29, 0.717) is 0 Å². The van der Waals surface area contributed by atoms with Crippen LogP contribution < -0.4 is 9.80 Å². The number of fused-ring (bicyclic) bond motifs is 14. The average Bonchev–Trinajstić information content (AvgIpc) is 4.20. The van der Waals surface area contributed by atoms with Gasteiger partial charge < -0.3 is 9.80 Å². The van der Waals surface area contributed by atoms with E-state index >= 15 is 0 Å². The van der Waals surface area contributed by atoms with Crippen LogP contribution >= 0.6 is 45.3 Å². The van der Waals surface area contributed by atoms with E-state index in [1.165, 1.54) is 84.9 Å². The quantitative estimate of drug-likeness (QED) is 0.164. The number of thiophene rings is 4. The van der Waals surface area contributed by atoms with Crippen LogP contribution in [0, 0.1) is 0 Å². The smallest absolute Gasteiger partial charge is 0.0727 e. The van der Waals surface area contributed by atoms with Gasteiger partial charge >= 0.3 is 0 Å². The van der Waals surface area contributed by atoms with Crippen LogP contribution in [-0.4, -0.2) is 0 Å². The second-order valence-electron chi connectivity index (χ2n) is 16.5. The molecule has 0 aliphatic heterocycles. The van der Waals surface area contributed by atoms with E-state index in [-0.39, 0.29) is 0 Å². The molecule has 1 spiro atoms. The Morgan fingerprint density at radius 1 is 0.270 bits per heavy atom. The first-order valence-electron chi connectivity index (χ1n) is 21.2. The van der Waals surface area contributed by atoms with E-state index in [2.05, 4.69) is 213 Å². The van der Waals surface area contributed by atoms with Crippen LogP contribution in [0.1, 0.15) is 22.3 Å². The van der Waals surface area contributed by atoms with Crippen LogP contribution in [0.3, 0.4) is 0 Å². The Kier molecular flexibility index (Phi) is 7.72. The molecule has 2 aliphatic rings. The van der Waals surface area contributed by atoms with Crippen LogP contribution in [0.15, 0.2) is 204 Å². The van der Waals surface area contributed by atoms with Crippen molar-refractivity contribution in [1.82, 2.24) is 0 Å². The van der Waals surface area contributed by atoms with Gasteiger partial charge in [-0.25, -0.2) is 0 Å². The number of hydrogen-bond donors (Lipinski definition) is 0. The summed E-state index contributed by atoms with van der Waals surface area (Å²) in [6.07, 6.45) is 0. The number of rotatable bonds is 6. The molecule has 12 aromatic rings. The van der Waals surface area contributed by atoms with Crippen LogP contribution in [0.4, 0.5) is 34.1 Å². The van der Waals surface area contributed by atoms with Crippen molar-refractivity contribution in [3.8, 4) is 22.3 Å². The molecule has 2 nitrogen and oxygen atoms in total. The highest BCUT2D eigenvalue weighted by atomic mass is 32.1. The summed E-state index contributed by atoms with van der Waals surface area (Å²) in [5.41, 5.74) is 16.8. The third-order valence-corrected chi connectivity index (χ3v) is 16.9. The maximum absolute atomic E-state index is 2.51. The van der Waals surface area contributed by atoms with Gasteiger partial charge in [0.05, 0.1) is 5.41 Å². The van der Waals surface area contributed by atoms with Crippen molar-refractivity contribution in [3.63, 3.8) is 0 Å². The summed E-state index contributed by atoms with van der Waals surface area (Å²) in [5.74, 6) is 0. The third kappa shape index (κ3) is 5.21. The van der Waals surface area contributed by atoms with Crippen molar-refractivity contribution in [2.75, 3.05) is 9.80 Å². The number of hydrogen-bond acceptors (Lipinski definition) is 6. The summed E-state index contributed by atoms with van der Waals surface area (Å²) in [7, 11) is 0. The molecular weight excluding hydrogens is 841 g/mol. The van der Waals surface area contributed by atoms with Crippen molar-refractivity contribution >= 4 is 120 Å². The van der Waals surface area contributed by atoms with Crippen LogP contribution in [-0.2, 0) is 5.41 Å². The lowest BCUT2D eigenvalue weighted by molar-refractivity contribution is 0.793. The third-order valence-electron chi connectivity index (χ3n) is 13.3. The molecule has 2 aliphatic carbocycles. The predicted molar refractivity (Wildman–Crippen MR) is 274 cm³/mol. The topological polar surface area (TPSA) is 6.48 Å². The number of anilines is 6. The number of benzene rings is 8. The summed E-state index contributed by atoms with van der Waals surface area (Å²) in [4.78, 5) is 4.93. The molecule has 4 heterocycles. The highest BCUT2D eigenvalue weighted by molar-refractivity contribution is 7.18. The fourth-order valence-electron chi connectivity index (χ4n) is 10.7. The molecule has 6 heteroatoms. The van der Waals surface area contributed by atoms with E-state index in [9.17, 15) is 0 Å². The fraction of sp³-hybridized carbons (Fsp3) is 0.0175. The largest absolute Gasteiger partial charge is 0.310 e. The fourth-order valence-corrected chi connectivity index (χ4v) is 13.7. The molecule has 0 saturated carbocycles. The summed E-state index contributed by atoms with van der Waals surface area (Å²) in [6, 6.07) is 69.4. The Balaban J connectivity index is 1.03. The Labute approximate surface area is 380 Å². The zero-order valence-corrected chi connectivity index (χ0v) is 36.9. The lowest BCUT2D eigenvalue weighted by atomic mass is 9.70. The molecule has 0 amide bonds. The van der Waals surface area contributed by atoms with Gasteiger partial charge in [0.1, 0.15) is 0 Å². The molecular formula is C57H34N2S4. The van der Waals surface area contributed by atoms with Crippen molar-refractivity contribution < 1.29 is 0 Å². The molecule has 63 heavy (non-hydrogen) atoms. The summed E-state index contributed by atoms with van der Waals surface area (Å²) >= 11 is 7.17. The molecule has 0 bridgehead atoms. The SMILES string of the molecule is c1ccc2c(c1)-c1ccccc1C21c2cc(N(c3ccc4sccc4c3)c3ccc4sccc4c3)ccc2-c2ccc(N(c3ccc4sccc4c3)c3ccc4sccc4c3)cc21. The van der Waals surface area contributed by atoms with Gasteiger partial charge in [0.2, 0.25) is 0 Å². The predicted octanol–water partition coefficient (Wildman–Crippen LogP) is 17.8. The van der Waals surface area contributed by atoms with E-state index in [0.717, 1.165) is 34.1 Å². The Bertz CT molecular complexity index is 3410. The molecule has 0 atom stereocenters. The van der Waals surface area contributed by atoms with Gasteiger partial charge in [-0.1, -0.05) is 60.7 Å². The van der Waals surface area contributed by atoms with Gasteiger partial charge in [-0.05, 0) is 209 Å². The maximum Gasteiger partial charge on any atom is 0.0727 e. The standard InChI is InChI=1S/C57H34N2S4/c1-3-7-49-45(5-1)46-6-2-4-8-50(46)57(49)51-33-43(58(39-11-17-53-35(29-39)21-25-60-53)40-12-18-54-36(30-40)22-26-61-54)9-15-47(51)48-16-10-44(34-52(48)57)59(41-13-19-55-37(31-41)23-27-62-55)42-14-20-56-38(32-42)24-28-63-56/h1-34H. The molecule has 296 valence electrons. The minimum atomic E-state index is -0.551. The second kappa shape index (κ2) is 13.6. The van der Waals surface area contributed by atoms with E-state index < -0.39 is 5.41 Å². The van der Waals surface area contributed by atoms with Crippen molar-refractivity contribution in [3.05, 3.63) is 226 Å². The first-order valence-corrected chi connectivity index (χ1v) is 24.7. The van der Waals surface area contributed by atoms with Gasteiger partial charge in [0, 0.05) is 52.9 Å². The first-order chi connectivity index (χ1) is 31.2. The second-order valence-corrected chi connectivity index (χ2v) is 20.3. The van der Waals surface area contributed by atoms with Gasteiger partial charge in [-0.3, -0.25) is 0 Å². The molecule has 14 rings (SSSR count). The summed E-state index contributed by atoms with van der Waals surface area (Å²) in [6.45, 7) is 0. The highest BCUT2D eigenvalue weighted by Crippen LogP contribution is 2.64.